The molecule has 2 N–H and O–H groups in total. The van der Waals surface area contributed by atoms with Crippen LogP contribution in [0.1, 0.15) is 12.8 Å². The maximum absolute atomic E-state index is 13.1. The summed E-state index contributed by atoms with van der Waals surface area (Å²) in [6.07, 6.45) is 1.46. The maximum Gasteiger partial charge on any atom is 0.234 e. The van der Waals surface area contributed by atoms with Gasteiger partial charge in [0.2, 0.25) is 11.8 Å². The number of nitrogens with one attached hydrogen (secondary N) is 2. The topological polar surface area (TPSA) is 70.7 Å². The van der Waals surface area contributed by atoms with Crippen LogP contribution in [-0.4, -0.2) is 49.5 Å². The number of para-hydroxylation sites is 1. The molecule has 7 heteroatoms. The monoisotopic (exact) mass is 399 g/mol. The van der Waals surface area contributed by atoms with Crippen LogP contribution in [-0.2, 0) is 9.59 Å². The second kappa shape index (κ2) is 10.6. The SMILES string of the molecule is O=C(CN1CCC(C(=O)Nc2ccccc2)CC1)NCCOc1cccc(F)c1. The predicted octanol–water partition coefficient (Wildman–Crippen LogP) is 2.67. The molecule has 0 bridgehead atoms. The van der Waals surface area contributed by atoms with Gasteiger partial charge in [0, 0.05) is 17.7 Å². The highest BCUT2D eigenvalue weighted by atomic mass is 19.1. The minimum atomic E-state index is -0.354. The first-order valence-electron chi connectivity index (χ1n) is 9.83. The van der Waals surface area contributed by atoms with Gasteiger partial charge in [-0.25, -0.2) is 4.39 Å². The normalized spacial score (nSPS) is 14.9. The number of hydrogen-bond donors (Lipinski definition) is 2. The summed E-state index contributed by atoms with van der Waals surface area (Å²) in [4.78, 5) is 26.5. The molecular formula is C22H26FN3O3. The zero-order valence-electron chi connectivity index (χ0n) is 16.3. The van der Waals surface area contributed by atoms with Crippen LogP contribution in [0, 0.1) is 11.7 Å². The van der Waals surface area contributed by atoms with E-state index in [0.29, 0.717) is 31.9 Å². The molecule has 0 radical (unpaired) electrons. The first-order valence-corrected chi connectivity index (χ1v) is 9.83. The number of piperidine rings is 1. The van der Waals surface area contributed by atoms with E-state index in [1.54, 1.807) is 12.1 Å². The van der Waals surface area contributed by atoms with Crippen LogP contribution >= 0.6 is 0 Å². The summed E-state index contributed by atoms with van der Waals surface area (Å²) in [5.41, 5.74) is 0.805. The van der Waals surface area contributed by atoms with E-state index in [4.69, 9.17) is 4.74 Å². The Bertz CT molecular complexity index is 808. The van der Waals surface area contributed by atoms with Gasteiger partial charge in [-0.2, -0.15) is 0 Å². The lowest BCUT2D eigenvalue weighted by Gasteiger charge is -2.30. The highest BCUT2D eigenvalue weighted by Gasteiger charge is 2.25. The van der Waals surface area contributed by atoms with Gasteiger partial charge in [0.05, 0.1) is 13.1 Å². The van der Waals surface area contributed by atoms with E-state index in [2.05, 4.69) is 15.5 Å². The zero-order valence-corrected chi connectivity index (χ0v) is 16.3. The number of ether oxygens (including phenoxy) is 1. The lowest BCUT2D eigenvalue weighted by Crippen LogP contribution is -2.44. The number of carbonyl (C=O) groups is 2. The molecule has 0 unspecified atom stereocenters. The minimum absolute atomic E-state index is 0.0332. The average Bonchev–Trinajstić information content (AvgIpc) is 2.72. The van der Waals surface area contributed by atoms with Gasteiger partial charge in [-0.3, -0.25) is 14.5 Å². The van der Waals surface area contributed by atoms with Gasteiger partial charge >= 0.3 is 0 Å². The molecule has 1 aliphatic rings. The molecule has 1 saturated heterocycles. The number of benzene rings is 2. The largest absolute Gasteiger partial charge is 0.492 e. The van der Waals surface area contributed by atoms with E-state index in [9.17, 15) is 14.0 Å². The standard InChI is InChI=1S/C22H26FN3O3/c23-18-5-4-8-20(15-18)29-14-11-24-21(27)16-26-12-9-17(10-13-26)22(28)25-19-6-2-1-3-7-19/h1-8,15,17H,9-14,16H2,(H,24,27)(H,25,28). The first-order chi connectivity index (χ1) is 14.1. The Kier molecular flexibility index (Phi) is 7.58. The summed E-state index contributed by atoms with van der Waals surface area (Å²) in [5, 5.41) is 5.75. The predicted molar refractivity (Wildman–Crippen MR) is 109 cm³/mol. The molecule has 1 heterocycles. The average molecular weight is 399 g/mol. The number of hydrogen-bond acceptors (Lipinski definition) is 4. The van der Waals surface area contributed by atoms with Crippen LogP contribution in [0.5, 0.6) is 5.75 Å². The molecule has 2 amide bonds. The third-order valence-corrected chi connectivity index (χ3v) is 4.86. The molecular weight excluding hydrogens is 373 g/mol. The van der Waals surface area contributed by atoms with Crippen LogP contribution in [0.3, 0.4) is 0 Å². The second-order valence-electron chi connectivity index (χ2n) is 7.06. The first kappa shape index (κ1) is 20.8. The molecule has 154 valence electrons. The third-order valence-electron chi connectivity index (χ3n) is 4.86. The van der Waals surface area contributed by atoms with E-state index < -0.39 is 0 Å². The van der Waals surface area contributed by atoms with Crippen molar-refractivity contribution in [2.45, 2.75) is 12.8 Å². The number of halogens is 1. The summed E-state index contributed by atoms with van der Waals surface area (Å²) in [5.74, 6) is 0.00602. The molecule has 6 nitrogen and oxygen atoms in total. The van der Waals surface area contributed by atoms with Gasteiger partial charge in [-0.05, 0) is 50.2 Å². The van der Waals surface area contributed by atoms with Crippen molar-refractivity contribution in [1.82, 2.24) is 10.2 Å². The van der Waals surface area contributed by atoms with E-state index in [-0.39, 0.29) is 30.2 Å². The van der Waals surface area contributed by atoms with Crippen LogP contribution in [0.15, 0.2) is 54.6 Å². The summed E-state index contributed by atoms with van der Waals surface area (Å²) >= 11 is 0. The van der Waals surface area contributed by atoms with Gasteiger partial charge in [0.15, 0.2) is 0 Å². The summed E-state index contributed by atoms with van der Waals surface area (Å²) < 4.78 is 18.5. The van der Waals surface area contributed by atoms with E-state index in [1.165, 1.54) is 12.1 Å². The molecule has 2 aromatic carbocycles. The molecule has 0 aromatic heterocycles. The molecule has 0 saturated carbocycles. The number of nitrogens with zero attached hydrogens (tertiary/aromatic N) is 1. The van der Waals surface area contributed by atoms with Crippen LogP contribution in [0.2, 0.25) is 0 Å². The van der Waals surface area contributed by atoms with E-state index in [1.807, 2.05) is 30.3 Å². The highest BCUT2D eigenvalue weighted by Crippen LogP contribution is 2.19. The fourth-order valence-electron chi connectivity index (χ4n) is 3.29. The van der Waals surface area contributed by atoms with Crippen molar-refractivity contribution in [3.8, 4) is 5.75 Å². The third kappa shape index (κ3) is 6.87. The fourth-order valence-corrected chi connectivity index (χ4v) is 3.29. The van der Waals surface area contributed by atoms with Crippen LogP contribution in [0.4, 0.5) is 10.1 Å². The highest BCUT2D eigenvalue weighted by molar-refractivity contribution is 5.92. The Balaban J connectivity index is 1.30. The summed E-state index contributed by atoms with van der Waals surface area (Å²) in [7, 11) is 0. The number of amides is 2. The lowest BCUT2D eigenvalue weighted by molar-refractivity contribution is -0.123. The van der Waals surface area contributed by atoms with Crippen molar-refractivity contribution in [2.24, 2.45) is 5.92 Å². The fraction of sp³-hybridized carbons (Fsp3) is 0.364. The van der Waals surface area contributed by atoms with Crippen molar-refractivity contribution in [3.05, 3.63) is 60.4 Å². The van der Waals surface area contributed by atoms with Gasteiger partial charge in [0.25, 0.3) is 0 Å². The molecule has 0 aliphatic carbocycles. The van der Waals surface area contributed by atoms with Gasteiger partial charge in [0.1, 0.15) is 18.2 Å². The molecule has 2 aromatic rings. The van der Waals surface area contributed by atoms with Crippen LogP contribution in [0.25, 0.3) is 0 Å². The quantitative estimate of drug-likeness (QED) is 0.670. The Labute approximate surface area is 170 Å². The smallest absolute Gasteiger partial charge is 0.234 e. The van der Waals surface area contributed by atoms with Crippen LogP contribution < -0.4 is 15.4 Å². The van der Waals surface area contributed by atoms with Gasteiger partial charge < -0.3 is 15.4 Å². The summed E-state index contributed by atoms with van der Waals surface area (Å²) in [6, 6.07) is 15.3. The Morgan fingerprint density at radius 1 is 1.07 bits per heavy atom. The molecule has 29 heavy (non-hydrogen) atoms. The summed E-state index contributed by atoms with van der Waals surface area (Å²) in [6.45, 7) is 2.34. The van der Waals surface area contributed by atoms with Crippen molar-refractivity contribution in [1.29, 1.82) is 0 Å². The Hall–Kier alpha value is -2.93. The van der Waals surface area contributed by atoms with E-state index >= 15 is 0 Å². The zero-order chi connectivity index (χ0) is 20.5. The van der Waals surface area contributed by atoms with Crippen molar-refractivity contribution in [2.75, 3.05) is 38.1 Å². The number of rotatable bonds is 8. The van der Waals surface area contributed by atoms with Gasteiger partial charge in [-0.15, -0.1) is 0 Å². The van der Waals surface area contributed by atoms with E-state index in [0.717, 1.165) is 18.5 Å². The molecule has 1 fully saturated rings. The molecule has 0 atom stereocenters. The Morgan fingerprint density at radius 2 is 1.83 bits per heavy atom. The molecule has 1 aliphatic heterocycles. The molecule has 0 spiro atoms. The molecule has 3 rings (SSSR count). The van der Waals surface area contributed by atoms with Crippen molar-refractivity contribution < 1.29 is 18.7 Å². The number of anilines is 1. The number of carbonyl (C=O) groups excluding carboxylic acids is 2. The van der Waals surface area contributed by atoms with Crippen molar-refractivity contribution in [3.63, 3.8) is 0 Å². The minimum Gasteiger partial charge on any atom is -0.492 e. The maximum atomic E-state index is 13.1. The number of likely N-dealkylation sites (tertiary alicyclic amines) is 1. The van der Waals surface area contributed by atoms with Crippen molar-refractivity contribution >= 4 is 17.5 Å². The lowest BCUT2D eigenvalue weighted by atomic mass is 9.96. The van der Waals surface area contributed by atoms with Gasteiger partial charge in [-0.1, -0.05) is 24.3 Å². The second-order valence-corrected chi connectivity index (χ2v) is 7.06. The Morgan fingerprint density at radius 3 is 2.55 bits per heavy atom.